The molecule has 0 saturated heterocycles. The molecular formula is C19H23F2NO2. The van der Waals surface area contributed by atoms with Crippen molar-refractivity contribution in [3.63, 3.8) is 0 Å². The van der Waals surface area contributed by atoms with Crippen molar-refractivity contribution in [3.05, 3.63) is 65.7 Å². The van der Waals surface area contributed by atoms with Gasteiger partial charge in [0.25, 0.3) is 0 Å². The van der Waals surface area contributed by atoms with Crippen molar-refractivity contribution >= 4 is 0 Å². The van der Waals surface area contributed by atoms with E-state index in [2.05, 4.69) is 17.0 Å². The van der Waals surface area contributed by atoms with E-state index in [-0.39, 0.29) is 24.4 Å². The average molecular weight is 335 g/mol. The second-order valence-electron chi connectivity index (χ2n) is 5.77. The zero-order chi connectivity index (χ0) is 17.4. The Morgan fingerprint density at radius 2 is 1.71 bits per heavy atom. The van der Waals surface area contributed by atoms with Crippen LogP contribution in [0.15, 0.2) is 54.6 Å². The number of benzene rings is 2. The van der Waals surface area contributed by atoms with Crippen LogP contribution in [0.25, 0.3) is 0 Å². The molecule has 0 spiro atoms. The van der Waals surface area contributed by atoms with Crippen LogP contribution in [0.3, 0.4) is 0 Å². The van der Waals surface area contributed by atoms with E-state index in [0.29, 0.717) is 0 Å². The average Bonchev–Trinajstić information content (AvgIpc) is 2.59. The summed E-state index contributed by atoms with van der Waals surface area (Å²) < 4.78 is 28.6. The number of ether oxygens (including phenoxy) is 1. The molecule has 2 aromatic rings. The maximum Gasteiger partial charge on any atom is 0.387 e. The lowest BCUT2D eigenvalue weighted by atomic mass is 10.0. The van der Waals surface area contributed by atoms with E-state index >= 15 is 0 Å². The minimum atomic E-state index is -2.80. The molecule has 2 atom stereocenters. The first-order valence-electron chi connectivity index (χ1n) is 8.04. The summed E-state index contributed by atoms with van der Waals surface area (Å²) >= 11 is 0. The predicted octanol–water partition coefficient (Wildman–Crippen LogP) is 3.93. The molecule has 130 valence electrons. The fraction of sp³-hybridized carbons (Fsp3) is 0.368. The van der Waals surface area contributed by atoms with E-state index < -0.39 is 6.61 Å². The Bertz CT molecular complexity index is 590. The SMILES string of the molecule is CC(CCc1ccc(OC(F)F)cc1)NC(CO)c1ccccc1. The van der Waals surface area contributed by atoms with Crippen LogP contribution in [0, 0.1) is 0 Å². The Kier molecular flexibility index (Phi) is 7.15. The summed E-state index contributed by atoms with van der Waals surface area (Å²) in [5.74, 6) is 0.171. The molecule has 5 heteroatoms. The van der Waals surface area contributed by atoms with Gasteiger partial charge in [0.15, 0.2) is 0 Å². The van der Waals surface area contributed by atoms with Crippen molar-refractivity contribution in [1.82, 2.24) is 5.32 Å². The highest BCUT2D eigenvalue weighted by Gasteiger charge is 2.13. The Hall–Kier alpha value is -1.98. The fourth-order valence-electron chi connectivity index (χ4n) is 2.59. The van der Waals surface area contributed by atoms with Gasteiger partial charge in [0.2, 0.25) is 0 Å². The molecule has 0 saturated carbocycles. The largest absolute Gasteiger partial charge is 0.435 e. The van der Waals surface area contributed by atoms with Crippen molar-refractivity contribution in [2.24, 2.45) is 0 Å². The Morgan fingerprint density at radius 1 is 1.04 bits per heavy atom. The lowest BCUT2D eigenvalue weighted by molar-refractivity contribution is -0.0498. The highest BCUT2D eigenvalue weighted by molar-refractivity contribution is 5.27. The third-order valence-electron chi connectivity index (χ3n) is 3.88. The monoisotopic (exact) mass is 335 g/mol. The van der Waals surface area contributed by atoms with Crippen LogP contribution >= 0.6 is 0 Å². The van der Waals surface area contributed by atoms with Crippen LogP contribution in [0.4, 0.5) is 8.78 Å². The third kappa shape index (κ3) is 5.91. The summed E-state index contributed by atoms with van der Waals surface area (Å²) in [7, 11) is 0. The van der Waals surface area contributed by atoms with Gasteiger partial charge in [-0.1, -0.05) is 42.5 Å². The maximum atomic E-state index is 12.1. The van der Waals surface area contributed by atoms with Crippen LogP contribution in [0.1, 0.15) is 30.5 Å². The highest BCUT2D eigenvalue weighted by atomic mass is 19.3. The molecule has 0 fully saturated rings. The van der Waals surface area contributed by atoms with E-state index in [9.17, 15) is 13.9 Å². The molecule has 3 nitrogen and oxygen atoms in total. The van der Waals surface area contributed by atoms with Crippen molar-refractivity contribution in [2.45, 2.75) is 38.5 Å². The smallest absolute Gasteiger partial charge is 0.387 e. The molecule has 0 aliphatic heterocycles. The second-order valence-corrected chi connectivity index (χ2v) is 5.77. The molecular weight excluding hydrogens is 312 g/mol. The summed E-state index contributed by atoms with van der Waals surface area (Å²) in [5.41, 5.74) is 2.12. The van der Waals surface area contributed by atoms with Crippen LogP contribution in [-0.2, 0) is 6.42 Å². The zero-order valence-electron chi connectivity index (χ0n) is 13.7. The molecule has 2 unspecified atom stereocenters. The van der Waals surface area contributed by atoms with Gasteiger partial charge in [0.1, 0.15) is 5.75 Å². The summed E-state index contributed by atoms with van der Waals surface area (Å²) in [4.78, 5) is 0. The third-order valence-corrected chi connectivity index (χ3v) is 3.88. The summed E-state index contributed by atoms with van der Waals surface area (Å²) in [6.45, 7) is -0.693. The molecule has 0 aliphatic rings. The number of aliphatic hydroxyl groups is 1. The molecule has 0 aromatic heterocycles. The Morgan fingerprint density at radius 3 is 2.29 bits per heavy atom. The van der Waals surface area contributed by atoms with E-state index in [1.807, 2.05) is 30.3 Å². The van der Waals surface area contributed by atoms with E-state index in [4.69, 9.17) is 0 Å². The molecule has 24 heavy (non-hydrogen) atoms. The summed E-state index contributed by atoms with van der Waals surface area (Å²) in [5, 5.41) is 13.0. The zero-order valence-corrected chi connectivity index (χ0v) is 13.7. The highest BCUT2D eigenvalue weighted by Crippen LogP contribution is 2.17. The molecule has 0 aliphatic carbocycles. The number of rotatable bonds is 9. The topological polar surface area (TPSA) is 41.5 Å². The first kappa shape index (κ1) is 18.4. The first-order valence-corrected chi connectivity index (χ1v) is 8.04. The van der Waals surface area contributed by atoms with Gasteiger partial charge in [-0.05, 0) is 43.0 Å². The summed E-state index contributed by atoms with van der Waals surface area (Å²) in [6.07, 6.45) is 1.69. The molecule has 2 aromatic carbocycles. The van der Waals surface area contributed by atoms with Crippen LogP contribution < -0.4 is 10.1 Å². The molecule has 0 heterocycles. The van der Waals surface area contributed by atoms with E-state index in [1.165, 1.54) is 0 Å². The molecule has 0 radical (unpaired) electrons. The number of halogens is 2. The molecule has 2 rings (SSSR count). The van der Waals surface area contributed by atoms with Crippen molar-refractivity contribution in [2.75, 3.05) is 6.61 Å². The van der Waals surface area contributed by atoms with Crippen molar-refractivity contribution in [3.8, 4) is 5.75 Å². The number of nitrogens with one attached hydrogen (secondary N) is 1. The molecule has 2 N–H and O–H groups in total. The standard InChI is InChI=1S/C19H23F2NO2/c1-14(22-18(13-23)16-5-3-2-4-6-16)7-8-15-9-11-17(12-10-15)24-19(20)21/h2-6,9-12,14,18-19,22-23H,7-8,13H2,1H3. The molecule has 0 bridgehead atoms. The van der Waals surface area contributed by atoms with Gasteiger partial charge < -0.3 is 15.2 Å². The molecule has 0 amide bonds. The number of aryl methyl sites for hydroxylation is 1. The minimum absolute atomic E-state index is 0.0357. The predicted molar refractivity (Wildman–Crippen MR) is 90.3 cm³/mol. The number of alkyl halides is 2. The Labute approximate surface area is 141 Å². The van der Waals surface area contributed by atoms with Gasteiger partial charge in [0.05, 0.1) is 12.6 Å². The van der Waals surface area contributed by atoms with E-state index in [0.717, 1.165) is 24.0 Å². The van der Waals surface area contributed by atoms with Crippen molar-refractivity contribution < 1.29 is 18.6 Å². The fourth-order valence-corrected chi connectivity index (χ4v) is 2.59. The van der Waals surface area contributed by atoms with Gasteiger partial charge in [-0.2, -0.15) is 8.78 Å². The minimum Gasteiger partial charge on any atom is -0.435 e. The Balaban J connectivity index is 1.83. The maximum absolute atomic E-state index is 12.1. The second kappa shape index (κ2) is 9.35. The van der Waals surface area contributed by atoms with E-state index in [1.54, 1.807) is 24.3 Å². The van der Waals surface area contributed by atoms with Gasteiger partial charge in [-0.3, -0.25) is 0 Å². The number of hydrogen-bond acceptors (Lipinski definition) is 3. The normalized spacial score (nSPS) is 13.7. The summed E-state index contributed by atoms with van der Waals surface area (Å²) in [6, 6.07) is 16.6. The van der Waals surface area contributed by atoms with Crippen LogP contribution in [0.2, 0.25) is 0 Å². The first-order chi connectivity index (χ1) is 11.6. The van der Waals surface area contributed by atoms with Gasteiger partial charge in [-0.25, -0.2) is 0 Å². The lowest BCUT2D eigenvalue weighted by Crippen LogP contribution is -2.33. The quantitative estimate of drug-likeness (QED) is 0.729. The number of hydrogen-bond donors (Lipinski definition) is 2. The van der Waals surface area contributed by atoms with Crippen molar-refractivity contribution in [1.29, 1.82) is 0 Å². The van der Waals surface area contributed by atoms with Crippen LogP contribution in [0.5, 0.6) is 5.75 Å². The lowest BCUT2D eigenvalue weighted by Gasteiger charge is -2.22. The number of aliphatic hydroxyl groups excluding tert-OH is 1. The van der Waals surface area contributed by atoms with Gasteiger partial charge in [-0.15, -0.1) is 0 Å². The van der Waals surface area contributed by atoms with Gasteiger partial charge >= 0.3 is 6.61 Å². The van der Waals surface area contributed by atoms with Crippen LogP contribution in [-0.4, -0.2) is 24.4 Å². The van der Waals surface area contributed by atoms with Gasteiger partial charge in [0, 0.05) is 6.04 Å².